The Morgan fingerprint density at radius 3 is 2.52 bits per heavy atom. The van der Waals surface area contributed by atoms with Crippen molar-refractivity contribution in [2.45, 2.75) is 69.2 Å². The number of hydrogen-bond acceptors (Lipinski definition) is 4. The van der Waals surface area contributed by atoms with Gasteiger partial charge in [0, 0.05) is 12.8 Å². The van der Waals surface area contributed by atoms with Gasteiger partial charge in [-0.05, 0) is 62.9 Å². The smallest absolute Gasteiger partial charge is 0.256 e. The standard InChI is InChI=1S/C16H25NO4/c1-21-11-8-6-10(7-9-11)16(20)12-4-2-3-5-13(12)17-15(19)14(16)18/h10-11,14,18,20H,2-9H2,1H3,(H,17,19). The topological polar surface area (TPSA) is 78.8 Å². The Morgan fingerprint density at radius 1 is 1.19 bits per heavy atom. The van der Waals surface area contributed by atoms with Crippen molar-refractivity contribution < 1.29 is 19.7 Å². The molecular weight excluding hydrogens is 270 g/mol. The summed E-state index contributed by atoms with van der Waals surface area (Å²) in [6.07, 6.45) is 5.82. The molecule has 1 heterocycles. The predicted octanol–water partition coefficient (Wildman–Crippen LogP) is 1.24. The first-order valence-corrected chi connectivity index (χ1v) is 8.04. The number of carbonyl (C=O) groups is 1. The lowest BCUT2D eigenvalue weighted by Gasteiger charge is -2.48. The molecule has 118 valence electrons. The van der Waals surface area contributed by atoms with Gasteiger partial charge in [-0.1, -0.05) is 0 Å². The summed E-state index contributed by atoms with van der Waals surface area (Å²) in [5, 5.41) is 24.5. The third-order valence-corrected chi connectivity index (χ3v) is 5.52. The molecule has 1 fully saturated rings. The van der Waals surface area contributed by atoms with Crippen molar-refractivity contribution in [3.8, 4) is 0 Å². The van der Waals surface area contributed by atoms with Gasteiger partial charge in [0.25, 0.3) is 5.91 Å². The van der Waals surface area contributed by atoms with Crippen LogP contribution in [0, 0.1) is 5.92 Å². The van der Waals surface area contributed by atoms with Gasteiger partial charge in [-0.15, -0.1) is 0 Å². The first-order chi connectivity index (χ1) is 10.1. The SMILES string of the molecule is COC1CCC(C2(O)C3=C(CCCC3)NC(=O)C2O)CC1. The number of methoxy groups -OCH3 is 1. The fraction of sp³-hybridized carbons (Fsp3) is 0.812. The summed E-state index contributed by atoms with van der Waals surface area (Å²) in [7, 11) is 1.71. The number of aliphatic hydroxyl groups is 2. The Labute approximate surface area is 125 Å². The first-order valence-electron chi connectivity index (χ1n) is 8.04. The van der Waals surface area contributed by atoms with E-state index in [4.69, 9.17) is 4.74 Å². The minimum Gasteiger partial charge on any atom is -0.382 e. The van der Waals surface area contributed by atoms with Crippen LogP contribution in [0.25, 0.3) is 0 Å². The highest BCUT2D eigenvalue weighted by atomic mass is 16.5. The van der Waals surface area contributed by atoms with E-state index in [1.807, 2.05) is 0 Å². The van der Waals surface area contributed by atoms with E-state index < -0.39 is 17.6 Å². The van der Waals surface area contributed by atoms with Gasteiger partial charge in [-0.3, -0.25) is 4.79 Å². The normalized spacial score (nSPS) is 40.7. The number of aliphatic hydroxyl groups excluding tert-OH is 1. The van der Waals surface area contributed by atoms with Crippen LogP contribution in [0.3, 0.4) is 0 Å². The largest absolute Gasteiger partial charge is 0.382 e. The van der Waals surface area contributed by atoms with Crippen LogP contribution in [0.4, 0.5) is 0 Å². The van der Waals surface area contributed by atoms with Crippen LogP contribution in [0.15, 0.2) is 11.3 Å². The molecule has 1 amide bonds. The molecule has 2 aliphatic carbocycles. The summed E-state index contributed by atoms with van der Waals surface area (Å²) in [6.45, 7) is 0. The molecule has 5 heteroatoms. The molecule has 2 unspecified atom stereocenters. The van der Waals surface area contributed by atoms with Crippen molar-refractivity contribution in [1.82, 2.24) is 5.32 Å². The summed E-state index contributed by atoms with van der Waals surface area (Å²) >= 11 is 0. The summed E-state index contributed by atoms with van der Waals surface area (Å²) in [5.74, 6) is -0.514. The van der Waals surface area contributed by atoms with Crippen molar-refractivity contribution in [2.75, 3.05) is 7.11 Å². The van der Waals surface area contributed by atoms with E-state index in [2.05, 4.69) is 5.32 Å². The molecule has 0 spiro atoms. The second-order valence-corrected chi connectivity index (χ2v) is 6.59. The van der Waals surface area contributed by atoms with Crippen molar-refractivity contribution in [3.63, 3.8) is 0 Å². The Hall–Kier alpha value is -0.910. The fourth-order valence-corrected chi connectivity index (χ4v) is 4.28. The lowest BCUT2D eigenvalue weighted by atomic mass is 9.65. The van der Waals surface area contributed by atoms with Gasteiger partial charge < -0.3 is 20.3 Å². The van der Waals surface area contributed by atoms with Gasteiger partial charge in [0.1, 0.15) is 5.60 Å². The van der Waals surface area contributed by atoms with E-state index in [0.717, 1.165) is 62.6 Å². The van der Waals surface area contributed by atoms with Gasteiger partial charge in [-0.25, -0.2) is 0 Å². The molecule has 2 atom stereocenters. The maximum Gasteiger partial charge on any atom is 0.256 e. The second kappa shape index (κ2) is 5.71. The number of nitrogens with one attached hydrogen (secondary N) is 1. The van der Waals surface area contributed by atoms with Crippen LogP contribution in [0.5, 0.6) is 0 Å². The third-order valence-electron chi connectivity index (χ3n) is 5.52. The molecule has 21 heavy (non-hydrogen) atoms. The van der Waals surface area contributed by atoms with E-state index in [-0.39, 0.29) is 12.0 Å². The van der Waals surface area contributed by atoms with Crippen molar-refractivity contribution >= 4 is 5.91 Å². The van der Waals surface area contributed by atoms with Gasteiger partial charge >= 0.3 is 0 Å². The molecule has 1 aliphatic heterocycles. The lowest BCUT2D eigenvalue weighted by Crippen LogP contribution is -2.61. The number of ether oxygens (including phenoxy) is 1. The Bertz CT molecular complexity index is 453. The van der Waals surface area contributed by atoms with Gasteiger partial charge in [0.15, 0.2) is 6.10 Å². The summed E-state index contributed by atoms with van der Waals surface area (Å²) in [6, 6.07) is 0. The Kier molecular flexibility index (Phi) is 4.08. The van der Waals surface area contributed by atoms with Crippen LogP contribution in [-0.2, 0) is 9.53 Å². The van der Waals surface area contributed by atoms with Crippen LogP contribution in [-0.4, -0.2) is 41.0 Å². The molecule has 0 aromatic rings. The first kappa shape index (κ1) is 15.0. The number of amides is 1. The highest BCUT2D eigenvalue weighted by Crippen LogP contribution is 2.46. The van der Waals surface area contributed by atoms with Crippen LogP contribution >= 0.6 is 0 Å². The maximum absolute atomic E-state index is 12.0. The predicted molar refractivity (Wildman–Crippen MR) is 77.3 cm³/mol. The molecule has 0 aromatic carbocycles. The molecule has 0 bridgehead atoms. The van der Waals surface area contributed by atoms with Gasteiger partial charge in [0.2, 0.25) is 0 Å². The Morgan fingerprint density at radius 2 is 1.86 bits per heavy atom. The van der Waals surface area contributed by atoms with E-state index in [1.165, 1.54) is 0 Å². The average Bonchev–Trinajstić information content (AvgIpc) is 2.53. The van der Waals surface area contributed by atoms with Crippen molar-refractivity contribution in [1.29, 1.82) is 0 Å². The lowest BCUT2D eigenvalue weighted by molar-refractivity contribution is -0.154. The van der Waals surface area contributed by atoms with E-state index in [0.29, 0.717) is 0 Å². The summed E-state index contributed by atoms with van der Waals surface area (Å²) in [5.41, 5.74) is 0.353. The van der Waals surface area contributed by atoms with Crippen LogP contribution < -0.4 is 5.32 Å². The van der Waals surface area contributed by atoms with E-state index in [1.54, 1.807) is 7.11 Å². The number of hydrogen-bond donors (Lipinski definition) is 3. The molecule has 0 aromatic heterocycles. The highest BCUT2D eigenvalue weighted by Gasteiger charge is 2.53. The summed E-state index contributed by atoms with van der Waals surface area (Å²) < 4.78 is 5.38. The average molecular weight is 295 g/mol. The van der Waals surface area contributed by atoms with Crippen molar-refractivity contribution in [2.24, 2.45) is 5.92 Å². The highest BCUT2D eigenvalue weighted by molar-refractivity contribution is 5.86. The molecule has 1 saturated carbocycles. The number of carbonyl (C=O) groups excluding carboxylic acids is 1. The maximum atomic E-state index is 12.0. The van der Waals surface area contributed by atoms with E-state index in [9.17, 15) is 15.0 Å². The minimum absolute atomic E-state index is 0.0620. The number of rotatable bonds is 2. The number of allylic oxidation sites excluding steroid dienone is 1. The molecule has 3 N–H and O–H groups in total. The van der Waals surface area contributed by atoms with Crippen LogP contribution in [0.2, 0.25) is 0 Å². The minimum atomic E-state index is -1.38. The van der Waals surface area contributed by atoms with Gasteiger partial charge in [0.05, 0.1) is 6.10 Å². The van der Waals surface area contributed by atoms with Gasteiger partial charge in [-0.2, -0.15) is 0 Å². The third kappa shape index (κ3) is 2.41. The summed E-state index contributed by atoms with van der Waals surface area (Å²) in [4.78, 5) is 12.0. The monoisotopic (exact) mass is 295 g/mol. The zero-order valence-corrected chi connectivity index (χ0v) is 12.6. The molecule has 0 saturated heterocycles. The molecule has 5 nitrogen and oxygen atoms in total. The Balaban J connectivity index is 1.90. The zero-order chi connectivity index (χ0) is 15.0. The molecule has 0 radical (unpaired) electrons. The zero-order valence-electron chi connectivity index (χ0n) is 12.6. The molecule has 3 rings (SSSR count). The molecular formula is C16H25NO4. The fourth-order valence-electron chi connectivity index (χ4n) is 4.28. The second-order valence-electron chi connectivity index (χ2n) is 6.59. The van der Waals surface area contributed by atoms with Crippen LogP contribution in [0.1, 0.15) is 51.4 Å². The quantitative estimate of drug-likeness (QED) is 0.716. The van der Waals surface area contributed by atoms with Crippen molar-refractivity contribution in [3.05, 3.63) is 11.3 Å². The van der Waals surface area contributed by atoms with E-state index >= 15 is 0 Å². The molecule has 3 aliphatic rings.